The van der Waals surface area contributed by atoms with Crippen LogP contribution < -0.4 is 0 Å². The van der Waals surface area contributed by atoms with Gasteiger partial charge in [-0.05, 0) is 31.0 Å². The first kappa shape index (κ1) is 16.3. The van der Waals surface area contributed by atoms with Crippen molar-refractivity contribution in [2.45, 2.75) is 32.5 Å². The summed E-state index contributed by atoms with van der Waals surface area (Å²) in [5.74, 6) is 0.337. The second kappa shape index (κ2) is 7.14. The molecule has 0 fully saturated rings. The standard InChI is InChI=1S/C13H17ClO4S/c1-7-5-9(14)6-10(12(7)17)13(18)11(16)3-4-19-8(2)15/h5-6,11,13,16-18H,3-4H2,1-2H3. The molecule has 0 radical (unpaired) electrons. The lowest BCUT2D eigenvalue weighted by molar-refractivity contribution is -0.109. The molecule has 1 aromatic carbocycles. The first-order valence-corrected chi connectivity index (χ1v) is 7.17. The van der Waals surface area contributed by atoms with Crippen molar-refractivity contribution in [3.8, 4) is 5.75 Å². The fraction of sp³-hybridized carbons (Fsp3) is 0.462. The van der Waals surface area contributed by atoms with Crippen LogP contribution in [0, 0.1) is 6.92 Å². The van der Waals surface area contributed by atoms with Crippen molar-refractivity contribution >= 4 is 28.5 Å². The van der Waals surface area contributed by atoms with Crippen LogP contribution in [0.4, 0.5) is 0 Å². The van der Waals surface area contributed by atoms with Crippen LogP contribution in [0.25, 0.3) is 0 Å². The molecular weight excluding hydrogens is 288 g/mol. The third-order valence-corrected chi connectivity index (χ3v) is 3.76. The fourth-order valence-electron chi connectivity index (χ4n) is 1.68. The van der Waals surface area contributed by atoms with Crippen LogP contribution in [0.1, 0.15) is 30.6 Å². The summed E-state index contributed by atoms with van der Waals surface area (Å²) in [6.07, 6.45) is -2.04. The maximum atomic E-state index is 10.8. The summed E-state index contributed by atoms with van der Waals surface area (Å²) < 4.78 is 0. The number of hydrogen-bond donors (Lipinski definition) is 3. The second-order valence-corrected chi connectivity index (χ2v) is 6.01. The van der Waals surface area contributed by atoms with Crippen molar-refractivity contribution in [3.05, 3.63) is 28.3 Å². The monoisotopic (exact) mass is 304 g/mol. The Hall–Kier alpha value is -0.750. The van der Waals surface area contributed by atoms with E-state index in [9.17, 15) is 20.1 Å². The molecule has 1 aromatic rings. The predicted octanol–water partition coefficient (Wildman–Crippen LogP) is 2.42. The fourth-order valence-corrected chi connectivity index (χ4v) is 2.60. The molecule has 0 bridgehead atoms. The number of hydrogen-bond acceptors (Lipinski definition) is 5. The molecule has 0 aliphatic rings. The van der Waals surface area contributed by atoms with Gasteiger partial charge in [0, 0.05) is 23.3 Å². The van der Waals surface area contributed by atoms with Crippen LogP contribution in [0.2, 0.25) is 5.02 Å². The van der Waals surface area contributed by atoms with E-state index >= 15 is 0 Å². The highest BCUT2D eigenvalue weighted by Crippen LogP contribution is 2.33. The zero-order valence-electron chi connectivity index (χ0n) is 10.8. The minimum Gasteiger partial charge on any atom is -0.507 e. The molecule has 106 valence electrons. The second-order valence-electron chi connectivity index (χ2n) is 4.30. The van der Waals surface area contributed by atoms with Gasteiger partial charge in [0.05, 0.1) is 6.10 Å². The van der Waals surface area contributed by atoms with Crippen LogP contribution in [-0.4, -0.2) is 32.3 Å². The van der Waals surface area contributed by atoms with Gasteiger partial charge in [-0.2, -0.15) is 0 Å². The molecule has 1 rings (SSSR count). The van der Waals surface area contributed by atoms with Gasteiger partial charge in [-0.15, -0.1) is 0 Å². The summed E-state index contributed by atoms with van der Waals surface area (Å²) in [4.78, 5) is 10.8. The van der Waals surface area contributed by atoms with Crippen molar-refractivity contribution in [1.29, 1.82) is 0 Å². The molecule has 0 spiro atoms. The first-order chi connectivity index (χ1) is 8.82. The highest BCUT2D eigenvalue weighted by Gasteiger charge is 2.22. The van der Waals surface area contributed by atoms with E-state index in [4.69, 9.17) is 11.6 Å². The zero-order valence-corrected chi connectivity index (χ0v) is 12.3. The molecule has 0 saturated heterocycles. The first-order valence-electron chi connectivity index (χ1n) is 5.81. The molecule has 0 heterocycles. The topological polar surface area (TPSA) is 77.8 Å². The summed E-state index contributed by atoms with van der Waals surface area (Å²) in [6, 6.07) is 3.00. The maximum Gasteiger partial charge on any atom is 0.185 e. The van der Waals surface area contributed by atoms with Gasteiger partial charge in [-0.1, -0.05) is 23.4 Å². The molecule has 19 heavy (non-hydrogen) atoms. The van der Waals surface area contributed by atoms with Gasteiger partial charge in [0.1, 0.15) is 11.9 Å². The van der Waals surface area contributed by atoms with Crippen molar-refractivity contribution < 1.29 is 20.1 Å². The lowest BCUT2D eigenvalue weighted by Crippen LogP contribution is -2.19. The Morgan fingerprint density at radius 1 is 1.42 bits per heavy atom. The molecule has 3 N–H and O–H groups in total. The summed E-state index contributed by atoms with van der Waals surface area (Å²) >= 11 is 6.95. The summed E-state index contributed by atoms with van der Waals surface area (Å²) in [5.41, 5.74) is 0.734. The van der Waals surface area contributed by atoms with Crippen molar-refractivity contribution in [2.75, 3.05) is 5.75 Å². The van der Waals surface area contributed by atoms with Gasteiger partial charge < -0.3 is 15.3 Å². The highest BCUT2D eigenvalue weighted by atomic mass is 35.5. The van der Waals surface area contributed by atoms with Gasteiger partial charge in [0.15, 0.2) is 5.12 Å². The number of aliphatic hydroxyl groups is 2. The number of rotatable bonds is 5. The minimum absolute atomic E-state index is 0.0388. The molecule has 0 aromatic heterocycles. The Balaban J connectivity index is 2.76. The number of aliphatic hydroxyl groups excluding tert-OH is 2. The molecule has 0 aliphatic carbocycles. The number of aromatic hydroxyl groups is 1. The summed E-state index contributed by atoms with van der Waals surface area (Å²) in [7, 11) is 0. The van der Waals surface area contributed by atoms with Crippen molar-refractivity contribution in [2.24, 2.45) is 0 Å². The molecule has 6 heteroatoms. The van der Waals surface area contributed by atoms with Crippen LogP contribution in [0.5, 0.6) is 5.75 Å². The van der Waals surface area contributed by atoms with Gasteiger partial charge in [-0.25, -0.2) is 0 Å². The molecule has 4 nitrogen and oxygen atoms in total. The number of phenols is 1. The molecule has 0 saturated carbocycles. The highest BCUT2D eigenvalue weighted by molar-refractivity contribution is 8.13. The molecule has 2 unspecified atom stereocenters. The van der Waals surface area contributed by atoms with Gasteiger partial charge in [0.2, 0.25) is 0 Å². The maximum absolute atomic E-state index is 10.8. The van der Waals surface area contributed by atoms with Gasteiger partial charge in [-0.3, -0.25) is 4.79 Å². The minimum atomic E-state index is -1.23. The number of carbonyl (C=O) groups excluding carboxylic acids is 1. The van der Waals surface area contributed by atoms with E-state index in [1.54, 1.807) is 13.0 Å². The number of carbonyl (C=O) groups is 1. The molecule has 0 amide bonds. The van der Waals surface area contributed by atoms with E-state index in [0.29, 0.717) is 16.3 Å². The van der Waals surface area contributed by atoms with Crippen LogP contribution >= 0.6 is 23.4 Å². The van der Waals surface area contributed by atoms with Gasteiger partial charge in [0.25, 0.3) is 0 Å². The Labute approximate surface area is 121 Å². The van der Waals surface area contributed by atoms with Crippen LogP contribution in [0.15, 0.2) is 12.1 Å². The smallest absolute Gasteiger partial charge is 0.185 e. The van der Waals surface area contributed by atoms with Crippen molar-refractivity contribution in [1.82, 2.24) is 0 Å². The lowest BCUT2D eigenvalue weighted by atomic mass is 9.99. The summed E-state index contributed by atoms with van der Waals surface area (Å²) in [5, 5.41) is 30.1. The van der Waals surface area contributed by atoms with E-state index in [1.165, 1.54) is 13.0 Å². The Kier molecular flexibility index (Phi) is 6.13. The third-order valence-electron chi connectivity index (χ3n) is 2.70. The molecular formula is C13H17ClO4S. The van der Waals surface area contributed by atoms with E-state index in [2.05, 4.69) is 0 Å². The van der Waals surface area contributed by atoms with E-state index in [-0.39, 0.29) is 22.8 Å². The number of thioether (sulfide) groups is 1. The lowest BCUT2D eigenvalue weighted by Gasteiger charge is -2.20. The average Bonchev–Trinajstić information content (AvgIpc) is 2.32. The van der Waals surface area contributed by atoms with Gasteiger partial charge >= 0.3 is 0 Å². The van der Waals surface area contributed by atoms with Crippen LogP contribution in [0.3, 0.4) is 0 Å². The largest absolute Gasteiger partial charge is 0.507 e. The number of phenolic OH excluding ortho intramolecular Hbond substituents is 1. The zero-order chi connectivity index (χ0) is 14.6. The quantitative estimate of drug-likeness (QED) is 0.778. The van der Waals surface area contributed by atoms with Crippen LogP contribution in [-0.2, 0) is 4.79 Å². The van der Waals surface area contributed by atoms with E-state index in [1.807, 2.05) is 0 Å². The summed E-state index contributed by atoms with van der Waals surface area (Å²) in [6.45, 7) is 3.11. The molecule has 0 aliphatic heterocycles. The molecule has 2 atom stereocenters. The Morgan fingerprint density at radius 3 is 2.63 bits per heavy atom. The predicted molar refractivity (Wildman–Crippen MR) is 76.6 cm³/mol. The number of benzene rings is 1. The van der Waals surface area contributed by atoms with E-state index < -0.39 is 12.2 Å². The third kappa shape index (κ3) is 4.69. The Morgan fingerprint density at radius 2 is 2.05 bits per heavy atom. The number of halogens is 1. The van der Waals surface area contributed by atoms with Crippen molar-refractivity contribution in [3.63, 3.8) is 0 Å². The number of aryl methyl sites for hydroxylation is 1. The Bertz CT molecular complexity index is 464. The van der Waals surface area contributed by atoms with E-state index in [0.717, 1.165) is 11.8 Å². The SMILES string of the molecule is CC(=O)SCCC(O)C(O)c1cc(Cl)cc(C)c1O. The average molecular weight is 305 g/mol. The normalized spacial score (nSPS) is 14.2.